The summed E-state index contributed by atoms with van der Waals surface area (Å²) in [7, 11) is 0. The van der Waals surface area contributed by atoms with Crippen LogP contribution in [0, 0.1) is 11.8 Å². The van der Waals surface area contributed by atoms with Crippen molar-refractivity contribution in [3.8, 4) is 0 Å². The van der Waals surface area contributed by atoms with Gasteiger partial charge in [-0.25, -0.2) is 4.79 Å². The van der Waals surface area contributed by atoms with Crippen LogP contribution < -0.4 is 5.32 Å². The predicted octanol–water partition coefficient (Wildman–Crippen LogP) is 6.88. The Kier molecular flexibility index (Phi) is 17.6. The van der Waals surface area contributed by atoms with Crippen molar-refractivity contribution in [3.63, 3.8) is 0 Å². The summed E-state index contributed by atoms with van der Waals surface area (Å²) in [5.41, 5.74) is 0. The van der Waals surface area contributed by atoms with E-state index < -0.39 is 6.04 Å². The van der Waals surface area contributed by atoms with E-state index in [-0.39, 0.29) is 36.0 Å². The molecule has 0 aromatic carbocycles. The van der Waals surface area contributed by atoms with Crippen LogP contribution in [0.4, 0.5) is 0 Å². The average molecular weight is 496 g/mol. The van der Waals surface area contributed by atoms with Crippen LogP contribution in [0.2, 0.25) is 0 Å². The second-order valence-corrected chi connectivity index (χ2v) is 10.8. The highest BCUT2D eigenvalue weighted by Crippen LogP contribution is 2.32. The molecule has 0 radical (unpaired) electrons. The average Bonchev–Trinajstić information content (AvgIpc) is 2.81. The molecule has 1 amide bonds. The van der Waals surface area contributed by atoms with Crippen molar-refractivity contribution >= 4 is 18.3 Å². The minimum Gasteiger partial charge on any atom is -0.461 e. The van der Waals surface area contributed by atoms with E-state index in [0.717, 1.165) is 38.5 Å². The van der Waals surface area contributed by atoms with Gasteiger partial charge in [-0.1, -0.05) is 105 Å². The number of carbonyl (C=O) groups is 3. The molecule has 204 valence electrons. The zero-order chi connectivity index (χ0) is 25.9. The van der Waals surface area contributed by atoms with Crippen LogP contribution in [0.25, 0.3) is 0 Å². The van der Waals surface area contributed by atoms with Gasteiger partial charge in [-0.2, -0.15) is 0 Å². The van der Waals surface area contributed by atoms with Gasteiger partial charge in [-0.15, -0.1) is 0 Å². The fourth-order valence-electron chi connectivity index (χ4n) is 4.90. The zero-order valence-corrected chi connectivity index (χ0v) is 23.0. The molecule has 1 aliphatic rings. The number of rotatable bonds is 23. The van der Waals surface area contributed by atoms with E-state index in [1.54, 1.807) is 0 Å². The van der Waals surface area contributed by atoms with E-state index in [1.807, 2.05) is 13.8 Å². The lowest BCUT2D eigenvalue weighted by atomic mass is 9.86. The minimum atomic E-state index is -0.632. The van der Waals surface area contributed by atoms with Crippen LogP contribution in [-0.2, 0) is 23.9 Å². The van der Waals surface area contributed by atoms with Gasteiger partial charge in [0.2, 0.25) is 6.41 Å². The van der Waals surface area contributed by atoms with Gasteiger partial charge in [-0.05, 0) is 31.6 Å². The Hall–Kier alpha value is -1.59. The highest BCUT2D eigenvalue weighted by Gasteiger charge is 2.43. The Morgan fingerprint density at radius 1 is 0.943 bits per heavy atom. The molecule has 1 fully saturated rings. The largest absolute Gasteiger partial charge is 0.461 e. The lowest BCUT2D eigenvalue weighted by Crippen LogP contribution is -2.48. The van der Waals surface area contributed by atoms with Gasteiger partial charge in [0, 0.05) is 6.42 Å². The topological polar surface area (TPSA) is 81.7 Å². The van der Waals surface area contributed by atoms with Gasteiger partial charge in [0.05, 0.1) is 5.92 Å². The number of carbonyl (C=O) groups excluding carboxylic acids is 3. The van der Waals surface area contributed by atoms with Crippen molar-refractivity contribution in [2.75, 3.05) is 0 Å². The molecule has 1 aliphatic heterocycles. The molecular formula is C29H53NO5. The maximum absolute atomic E-state index is 12.9. The molecule has 0 spiro atoms. The smallest absolute Gasteiger partial charge is 0.328 e. The number of unbranched alkanes of at least 4 members (excludes halogenated alkanes) is 11. The van der Waals surface area contributed by atoms with E-state index in [4.69, 9.17) is 9.47 Å². The molecule has 0 saturated carbocycles. The van der Waals surface area contributed by atoms with Crippen molar-refractivity contribution in [2.24, 2.45) is 11.8 Å². The van der Waals surface area contributed by atoms with E-state index in [0.29, 0.717) is 19.3 Å². The summed E-state index contributed by atoms with van der Waals surface area (Å²) in [5.74, 6) is -0.302. The van der Waals surface area contributed by atoms with Gasteiger partial charge in [-0.3, -0.25) is 9.59 Å². The molecule has 0 unspecified atom stereocenters. The van der Waals surface area contributed by atoms with Crippen LogP contribution in [0.15, 0.2) is 0 Å². The maximum atomic E-state index is 12.9. The standard InChI is InChI=1S/C29H53NO5/c1-5-7-9-11-12-13-14-15-16-18-24(34-29(33)26(30-22-31)20-23(3)4)21-27-25(28(32)35-27)19-17-10-8-6-2/h22-27H,5-21H2,1-4H3,(H,30,31)/t24-,25+,26-,27+/m0/s1. The highest BCUT2D eigenvalue weighted by atomic mass is 16.6. The molecule has 1 saturated heterocycles. The lowest BCUT2D eigenvalue weighted by Gasteiger charge is -2.37. The van der Waals surface area contributed by atoms with Crippen molar-refractivity contribution in [1.29, 1.82) is 0 Å². The first kappa shape index (κ1) is 31.4. The predicted molar refractivity (Wildman–Crippen MR) is 141 cm³/mol. The lowest BCUT2D eigenvalue weighted by molar-refractivity contribution is -0.190. The summed E-state index contributed by atoms with van der Waals surface area (Å²) in [6.07, 6.45) is 18.5. The van der Waals surface area contributed by atoms with Gasteiger partial charge in [0.1, 0.15) is 18.2 Å². The molecule has 0 bridgehead atoms. The first-order valence-electron chi connectivity index (χ1n) is 14.5. The van der Waals surface area contributed by atoms with E-state index in [9.17, 15) is 14.4 Å². The maximum Gasteiger partial charge on any atom is 0.328 e. The molecular weight excluding hydrogens is 442 g/mol. The van der Waals surface area contributed by atoms with Crippen LogP contribution >= 0.6 is 0 Å². The van der Waals surface area contributed by atoms with Crippen LogP contribution in [0.3, 0.4) is 0 Å². The molecule has 0 aliphatic carbocycles. The third-order valence-corrected chi connectivity index (χ3v) is 7.06. The molecule has 1 heterocycles. The molecule has 35 heavy (non-hydrogen) atoms. The third-order valence-electron chi connectivity index (χ3n) is 7.06. The summed E-state index contributed by atoms with van der Waals surface area (Å²) in [4.78, 5) is 36.0. The highest BCUT2D eigenvalue weighted by molar-refractivity contribution is 5.79. The molecule has 0 aromatic heterocycles. The summed E-state index contributed by atoms with van der Waals surface area (Å²) < 4.78 is 11.4. The second-order valence-electron chi connectivity index (χ2n) is 10.8. The van der Waals surface area contributed by atoms with Crippen LogP contribution in [-0.4, -0.2) is 36.6 Å². The van der Waals surface area contributed by atoms with Gasteiger partial charge < -0.3 is 14.8 Å². The Bertz CT molecular complexity index is 579. The Labute approximate surface area is 214 Å². The number of hydrogen-bond acceptors (Lipinski definition) is 5. The Morgan fingerprint density at radius 2 is 1.51 bits per heavy atom. The molecule has 4 atom stereocenters. The van der Waals surface area contributed by atoms with E-state index in [1.165, 1.54) is 57.8 Å². The summed E-state index contributed by atoms with van der Waals surface area (Å²) >= 11 is 0. The number of cyclic esters (lactones) is 1. The fourth-order valence-corrected chi connectivity index (χ4v) is 4.90. The molecule has 1 N–H and O–H groups in total. The normalized spacial score (nSPS) is 19.1. The van der Waals surface area contributed by atoms with Gasteiger partial charge in [0.25, 0.3) is 0 Å². The van der Waals surface area contributed by atoms with Gasteiger partial charge >= 0.3 is 11.9 Å². The molecule has 1 rings (SSSR count). The number of ether oxygens (including phenoxy) is 2. The molecule has 6 nitrogen and oxygen atoms in total. The van der Waals surface area contributed by atoms with Crippen molar-refractivity contribution < 1.29 is 23.9 Å². The SMILES string of the molecule is CCCCCCCCCCC[C@@H](C[C@H]1OC(=O)[C@@H]1CCCCCC)OC(=O)[C@H](CC(C)C)NC=O. The first-order chi connectivity index (χ1) is 16.9. The number of nitrogens with one attached hydrogen (secondary N) is 1. The van der Waals surface area contributed by atoms with Crippen molar-refractivity contribution in [2.45, 2.75) is 155 Å². The summed E-state index contributed by atoms with van der Waals surface area (Å²) in [6, 6.07) is -0.632. The third kappa shape index (κ3) is 13.9. The summed E-state index contributed by atoms with van der Waals surface area (Å²) in [5, 5.41) is 2.62. The number of amides is 1. The van der Waals surface area contributed by atoms with Crippen molar-refractivity contribution in [1.82, 2.24) is 5.32 Å². The molecule has 0 aromatic rings. The van der Waals surface area contributed by atoms with Crippen molar-refractivity contribution in [3.05, 3.63) is 0 Å². The fraction of sp³-hybridized carbons (Fsp3) is 0.897. The summed E-state index contributed by atoms with van der Waals surface area (Å²) in [6.45, 7) is 8.45. The van der Waals surface area contributed by atoms with Crippen LogP contribution in [0.1, 0.15) is 137 Å². The minimum absolute atomic E-state index is 0.0734. The molecule has 6 heteroatoms. The first-order valence-corrected chi connectivity index (χ1v) is 14.5. The van der Waals surface area contributed by atoms with E-state index >= 15 is 0 Å². The number of esters is 2. The quantitative estimate of drug-likeness (QED) is 0.0949. The zero-order valence-electron chi connectivity index (χ0n) is 23.0. The second kappa shape index (κ2) is 19.6. The monoisotopic (exact) mass is 495 g/mol. The number of hydrogen-bond donors (Lipinski definition) is 1. The van der Waals surface area contributed by atoms with Gasteiger partial charge in [0.15, 0.2) is 0 Å². The Morgan fingerprint density at radius 3 is 2.06 bits per heavy atom. The van der Waals surface area contributed by atoms with Crippen LogP contribution in [0.5, 0.6) is 0 Å². The Balaban J connectivity index is 2.58. The van der Waals surface area contributed by atoms with E-state index in [2.05, 4.69) is 19.2 Å².